The van der Waals surface area contributed by atoms with Crippen LogP contribution in [-0.4, -0.2) is 35.6 Å². The quantitative estimate of drug-likeness (QED) is 0.838. The van der Waals surface area contributed by atoms with Crippen LogP contribution >= 0.6 is 23.2 Å². The van der Waals surface area contributed by atoms with Crippen molar-refractivity contribution >= 4 is 29.2 Å². The zero-order chi connectivity index (χ0) is 11.5. The summed E-state index contributed by atoms with van der Waals surface area (Å²) in [7, 11) is 0. The standard InChI is InChI=1S/C10H15Cl2NO2/c1-10(9(14)15)3-2-4-13(7-10)6-8(12)5-11/h5H,2-4,6-7H2,1H3,(H,14,15)/b8-5-. The normalized spacial score (nSPS) is 29.1. The number of likely N-dealkylation sites (tertiary alicyclic amines) is 1. The molecule has 1 aliphatic heterocycles. The van der Waals surface area contributed by atoms with Gasteiger partial charge in [0, 0.05) is 23.7 Å². The Bertz CT molecular complexity index is 281. The third-order valence-corrected chi connectivity index (χ3v) is 3.39. The highest BCUT2D eigenvalue weighted by Gasteiger charge is 2.37. The van der Waals surface area contributed by atoms with Crippen LogP contribution in [0.3, 0.4) is 0 Å². The van der Waals surface area contributed by atoms with E-state index in [0.29, 0.717) is 18.1 Å². The van der Waals surface area contributed by atoms with Gasteiger partial charge in [0.2, 0.25) is 0 Å². The number of hydrogen-bond acceptors (Lipinski definition) is 2. The number of hydrogen-bond donors (Lipinski definition) is 1. The summed E-state index contributed by atoms with van der Waals surface area (Å²) in [6.07, 6.45) is 1.61. The fraction of sp³-hybridized carbons (Fsp3) is 0.700. The van der Waals surface area contributed by atoms with Gasteiger partial charge < -0.3 is 5.11 Å². The van der Waals surface area contributed by atoms with Crippen LogP contribution in [-0.2, 0) is 4.79 Å². The topological polar surface area (TPSA) is 40.5 Å². The van der Waals surface area contributed by atoms with E-state index in [0.717, 1.165) is 19.4 Å². The van der Waals surface area contributed by atoms with E-state index in [1.807, 2.05) is 4.90 Å². The van der Waals surface area contributed by atoms with Crippen molar-refractivity contribution in [3.05, 3.63) is 10.6 Å². The van der Waals surface area contributed by atoms with Crippen LogP contribution in [0, 0.1) is 5.41 Å². The van der Waals surface area contributed by atoms with E-state index in [4.69, 9.17) is 28.3 Å². The molecule has 1 fully saturated rings. The molecule has 1 rings (SSSR count). The molecule has 15 heavy (non-hydrogen) atoms. The average molecular weight is 252 g/mol. The van der Waals surface area contributed by atoms with Crippen LogP contribution in [0.15, 0.2) is 10.6 Å². The number of aliphatic carboxylic acids is 1. The number of carbonyl (C=O) groups is 1. The Hall–Kier alpha value is -0.250. The molecule has 0 spiro atoms. The fourth-order valence-electron chi connectivity index (χ4n) is 1.90. The third kappa shape index (κ3) is 3.37. The molecule has 86 valence electrons. The molecular formula is C10H15Cl2NO2. The van der Waals surface area contributed by atoms with E-state index >= 15 is 0 Å². The molecule has 1 atom stereocenters. The molecule has 0 aromatic heterocycles. The maximum absolute atomic E-state index is 11.1. The first kappa shape index (κ1) is 12.8. The molecule has 1 aliphatic rings. The Morgan fingerprint density at radius 1 is 1.67 bits per heavy atom. The SMILES string of the molecule is CC1(C(=O)O)CCCN(C/C(Cl)=C/Cl)C1. The highest BCUT2D eigenvalue weighted by atomic mass is 35.5. The predicted molar refractivity (Wildman–Crippen MR) is 61.2 cm³/mol. The number of carboxylic acids is 1. The van der Waals surface area contributed by atoms with Crippen LogP contribution in [0.2, 0.25) is 0 Å². The van der Waals surface area contributed by atoms with Gasteiger partial charge in [-0.1, -0.05) is 23.2 Å². The molecule has 1 heterocycles. The minimum atomic E-state index is -0.738. The second-order valence-corrected chi connectivity index (χ2v) is 4.94. The van der Waals surface area contributed by atoms with E-state index in [9.17, 15) is 4.79 Å². The molecule has 0 amide bonds. The number of rotatable bonds is 3. The Kier molecular flexibility index (Phi) is 4.44. The van der Waals surface area contributed by atoms with Gasteiger partial charge in [-0.2, -0.15) is 0 Å². The zero-order valence-electron chi connectivity index (χ0n) is 8.67. The van der Waals surface area contributed by atoms with Crippen LogP contribution in [0.25, 0.3) is 0 Å². The lowest BCUT2D eigenvalue weighted by molar-refractivity contribution is -0.151. The summed E-state index contributed by atoms with van der Waals surface area (Å²) in [5, 5.41) is 9.65. The smallest absolute Gasteiger partial charge is 0.310 e. The summed E-state index contributed by atoms with van der Waals surface area (Å²) < 4.78 is 0. The average Bonchev–Trinajstić information content (AvgIpc) is 2.17. The Labute approximate surface area is 99.7 Å². The van der Waals surface area contributed by atoms with Gasteiger partial charge in [-0.3, -0.25) is 9.69 Å². The molecule has 0 aromatic rings. The minimum absolute atomic E-state index is 0.531. The largest absolute Gasteiger partial charge is 0.481 e. The third-order valence-electron chi connectivity index (χ3n) is 2.78. The second kappa shape index (κ2) is 5.19. The molecule has 0 bridgehead atoms. The highest BCUT2D eigenvalue weighted by molar-refractivity contribution is 6.36. The van der Waals surface area contributed by atoms with Crippen molar-refractivity contribution in [2.75, 3.05) is 19.6 Å². The molecule has 5 heteroatoms. The van der Waals surface area contributed by atoms with Gasteiger partial charge in [0.05, 0.1) is 5.41 Å². The summed E-state index contributed by atoms with van der Waals surface area (Å²) in [6.45, 7) is 3.72. The van der Waals surface area contributed by atoms with Gasteiger partial charge in [-0.05, 0) is 26.3 Å². The van der Waals surface area contributed by atoms with Crippen LogP contribution < -0.4 is 0 Å². The van der Waals surface area contributed by atoms with Crippen molar-refractivity contribution in [3.63, 3.8) is 0 Å². The van der Waals surface area contributed by atoms with Gasteiger partial charge in [0.1, 0.15) is 0 Å². The predicted octanol–water partition coefficient (Wildman–Crippen LogP) is 2.49. The Morgan fingerprint density at radius 3 is 2.87 bits per heavy atom. The molecule has 0 saturated carbocycles. The van der Waals surface area contributed by atoms with Gasteiger partial charge in [0.25, 0.3) is 0 Å². The zero-order valence-corrected chi connectivity index (χ0v) is 10.2. The van der Waals surface area contributed by atoms with Crippen molar-refractivity contribution in [2.45, 2.75) is 19.8 Å². The number of piperidine rings is 1. The van der Waals surface area contributed by atoms with Crippen molar-refractivity contribution in [1.82, 2.24) is 4.90 Å². The van der Waals surface area contributed by atoms with Crippen molar-refractivity contribution in [3.8, 4) is 0 Å². The highest BCUT2D eigenvalue weighted by Crippen LogP contribution is 2.30. The van der Waals surface area contributed by atoms with E-state index in [2.05, 4.69) is 0 Å². The molecule has 0 radical (unpaired) electrons. The van der Waals surface area contributed by atoms with Gasteiger partial charge in [-0.15, -0.1) is 0 Å². The molecule has 1 saturated heterocycles. The van der Waals surface area contributed by atoms with Crippen LogP contribution in [0.4, 0.5) is 0 Å². The summed E-state index contributed by atoms with van der Waals surface area (Å²) in [5.74, 6) is -0.738. The number of nitrogens with zero attached hydrogens (tertiary/aromatic N) is 1. The van der Waals surface area contributed by atoms with Crippen LogP contribution in [0.1, 0.15) is 19.8 Å². The van der Waals surface area contributed by atoms with Crippen molar-refractivity contribution < 1.29 is 9.90 Å². The molecule has 3 nitrogen and oxygen atoms in total. The maximum Gasteiger partial charge on any atom is 0.310 e. The lowest BCUT2D eigenvalue weighted by Crippen LogP contribution is -2.46. The Balaban J connectivity index is 2.60. The van der Waals surface area contributed by atoms with Crippen molar-refractivity contribution in [1.29, 1.82) is 0 Å². The lowest BCUT2D eigenvalue weighted by Gasteiger charge is -2.37. The minimum Gasteiger partial charge on any atom is -0.481 e. The molecule has 1 unspecified atom stereocenters. The van der Waals surface area contributed by atoms with E-state index < -0.39 is 11.4 Å². The molecule has 0 aromatic carbocycles. The molecule has 0 aliphatic carbocycles. The first-order chi connectivity index (χ1) is 6.98. The summed E-state index contributed by atoms with van der Waals surface area (Å²) in [4.78, 5) is 13.1. The molecular weight excluding hydrogens is 237 g/mol. The lowest BCUT2D eigenvalue weighted by atomic mass is 9.82. The van der Waals surface area contributed by atoms with Crippen molar-refractivity contribution in [2.24, 2.45) is 5.41 Å². The van der Waals surface area contributed by atoms with E-state index in [-0.39, 0.29) is 0 Å². The summed E-state index contributed by atoms with van der Waals surface area (Å²) >= 11 is 11.3. The molecule has 1 N–H and O–H groups in total. The number of halogens is 2. The summed E-state index contributed by atoms with van der Waals surface area (Å²) in [6, 6.07) is 0. The summed E-state index contributed by atoms with van der Waals surface area (Å²) in [5.41, 5.74) is 0.677. The Morgan fingerprint density at radius 2 is 2.33 bits per heavy atom. The van der Waals surface area contributed by atoms with E-state index in [1.165, 1.54) is 5.54 Å². The fourth-order valence-corrected chi connectivity index (χ4v) is 2.14. The van der Waals surface area contributed by atoms with E-state index in [1.54, 1.807) is 6.92 Å². The number of carboxylic acid groups (broad SMARTS) is 1. The monoisotopic (exact) mass is 251 g/mol. The van der Waals surface area contributed by atoms with Gasteiger partial charge in [-0.25, -0.2) is 0 Å². The first-order valence-corrected chi connectivity index (χ1v) is 5.70. The van der Waals surface area contributed by atoms with Gasteiger partial charge in [0.15, 0.2) is 0 Å². The van der Waals surface area contributed by atoms with Crippen LogP contribution in [0.5, 0.6) is 0 Å². The second-order valence-electron chi connectivity index (χ2n) is 4.24. The first-order valence-electron chi connectivity index (χ1n) is 4.88. The maximum atomic E-state index is 11.1. The van der Waals surface area contributed by atoms with Gasteiger partial charge >= 0.3 is 5.97 Å².